The molecule has 0 aliphatic carbocycles. The van der Waals surface area contributed by atoms with Gasteiger partial charge in [0, 0.05) is 6.54 Å². The average Bonchev–Trinajstić information content (AvgIpc) is 2.72. The van der Waals surface area contributed by atoms with Gasteiger partial charge in [0.2, 0.25) is 5.91 Å². The number of anilines is 1. The van der Waals surface area contributed by atoms with Crippen LogP contribution in [-0.2, 0) is 4.79 Å². The van der Waals surface area contributed by atoms with E-state index >= 15 is 0 Å². The van der Waals surface area contributed by atoms with Crippen molar-refractivity contribution in [2.75, 3.05) is 18.0 Å². The standard InChI is InChI=1S/C15H21FN2O/c1-11(2)7-9-17-13-8-10-18(15(13)19)14-6-4-3-5-12(14)16/h3-6,11,13,17H,7-10H2,1-2H3. The highest BCUT2D eigenvalue weighted by molar-refractivity contribution is 5.99. The molecule has 1 fully saturated rings. The lowest BCUT2D eigenvalue weighted by molar-refractivity contribution is -0.118. The summed E-state index contributed by atoms with van der Waals surface area (Å²) in [5.41, 5.74) is 0.389. The fourth-order valence-corrected chi connectivity index (χ4v) is 2.33. The lowest BCUT2D eigenvalue weighted by Gasteiger charge is -2.18. The molecule has 1 aliphatic heterocycles. The number of para-hydroxylation sites is 1. The molecule has 0 spiro atoms. The van der Waals surface area contributed by atoms with E-state index in [4.69, 9.17) is 0 Å². The second-order valence-electron chi connectivity index (χ2n) is 5.42. The molecular formula is C15H21FN2O. The number of benzene rings is 1. The summed E-state index contributed by atoms with van der Waals surface area (Å²) in [7, 11) is 0. The van der Waals surface area contributed by atoms with E-state index < -0.39 is 0 Å². The van der Waals surface area contributed by atoms with Crippen molar-refractivity contribution < 1.29 is 9.18 Å². The Morgan fingerprint density at radius 1 is 1.42 bits per heavy atom. The molecular weight excluding hydrogens is 243 g/mol. The lowest BCUT2D eigenvalue weighted by Crippen LogP contribution is -2.39. The van der Waals surface area contributed by atoms with Gasteiger partial charge in [0.1, 0.15) is 5.82 Å². The molecule has 1 amide bonds. The molecule has 1 N–H and O–H groups in total. The largest absolute Gasteiger partial charge is 0.308 e. The molecule has 1 atom stereocenters. The van der Waals surface area contributed by atoms with E-state index in [9.17, 15) is 9.18 Å². The summed E-state index contributed by atoms with van der Waals surface area (Å²) >= 11 is 0. The van der Waals surface area contributed by atoms with Crippen LogP contribution < -0.4 is 10.2 Å². The van der Waals surface area contributed by atoms with Crippen molar-refractivity contribution in [3.63, 3.8) is 0 Å². The Balaban J connectivity index is 1.96. The summed E-state index contributed by atoms with van der Waals surface area (Å²) < 4.78 is 13.7. The fraction of sp³-hybridized carbons (Fsp3) is 0.533. The minimum absolute atomic E-state index is 0.0196. The molecule has 4 heteroatoms. The van der Waals surface area contributed by atoms with Crippen LogP contribution in [0.1, 0.15) is 26.7 Å². The van der Waals surface area contributed by atoms with E-state index in [1.54, 1.807) is 23.1 Å². The van der Waals surface area contributed by atoms with Gasteiger partial charge in [0.05, 0.1) is 11.7 Å². The third-order valence-corrected chi connectivity index (χ3v) is 3.46. The van der Waals surface area contributed by atoms with Gasteiger partial charge in [-0.15, -0.1) is 0 Å². The van der Waals surface area contributed by atoms with Crippen LogP contribution in [0.2, 0.25) is 0 Å². The number of nitrogens with zero attached hydrogens (tertiary/aromatic N) is 1. The molecule has 19 heavy (non-hydrogen) atoms. The fourth-order valence-electron chi connectivity index (χ4n) is 2.33. The van der Waals surface area contributed by atoms with Gasteiger partial charge in [0.25, 0.3) is 0 Å². The van der Waals surface area contributed by atoms with Crippen LogP contribution in [0.4, 0.5) is 10.1 Å². The third kappa shape index (κ3) is 3.32. The average molecular weight is 264 g/mol. The van der Waals surface area contributed by atoms with Gasteiger partial charge in [-0.05, 0) is 37.4 Å². The zero-order chi connectivity index (χ0) is 13.8. The van der Waals surface area contributed by atoms with Crippen molar-refractivity contribution in [1.82, 2.24) is 5.32 Å². The maximum atomic E-state index is 13.7. The van der Waals surface area contributed by atoms with Gasteiger partial charge < -0.3 is 10.2 Å². The van der Waals surface area contributed by atoms with E-state index in [1.165, 1.54) is 6.07 Å². The highest BCUT2D eigenvalue weighted by Gasteiger charge is 2.33. The molecule has 1 heterocycles. The summed E-state index contributed by atoms with van der Waals surface area (Å²) in [4.78, 5) is 13.8. The Morgan fingerprint density at radius 2 is 2.16 bits per heavy atom. The SMILES string of the molecule is CC(C)CCNC1CCN(c2ccccc2F)C1=O. The zero-order valence-corrected chi connectivity index (χ0v) is 11.5. The van der Waals surface area contributed by atoms with Gasteiger partial charge in [-0.1, -0.05) is 26.0 Å². The second kappa shape index (κ2) is 6.15. The first-order valence-corrected chi connectivity index (χ1v) is 6.89. The van der Waals surface area contributed by atoms with Gasteiger partial charge in [-0.2, -0.15) is 0 Å². The first kappa shape index (κ1) is 14.0. The maximum absolute atomic E-state index is 13.7. The molecule has 104 valence electrons. The molecule has 0 aromatic heterocycles. The van der Waals surface area contributed by atoms with Gasteiger partial charge in [0.15, 0.2) is 0 Å². The van der Waals surface area contributed by atoms with Crippen LogP contribution in [0, 0.1) is 11.7 Å². The zero-order valence-electron chi connectivity index (χ0n) is 11.5. The van der Waals surface area contributed by atoms with Gasteiger partial charge >= 0.3 is 0 Å². The van der Waals surface area contributed by atoms with Crippen LogP contribution in [0.5, 0.6) is 0 Å². The van der Waals surface area contributed by atoms with Crippen LogP contribution in [0.15, 0.2) is 24.3 Å². The Kier molecular flexibility index (Phi) is 4.53. The lowest BCUT2D eigenvalue weighted by atomic mass is 10.1. The van der Waals surface area contributed by atoms with E-state index in [-0.39, 0.29) is 17.8 Å². The number of hydrogen-bond acceptors (Lipinski definition) is 2. The topological polar surface area (TPSA) is 32.3 Å². The number of rotatable bonds is 5. The van der Waals surface area contributed by atoms with Crippen molar-refractivity contribution in [1.29, 1.82) is 0 Å². The molecule has 1 unspecified atom stereocenters. The smallest absolute Gasteiger partial charge is 0.244 e. The van der Waals surface area contributed by atoms with Crippen molar-refractivity contribution in [2.45, 2.75) is 32.7 Å². The molecule has 3 nitrogen and oxygen atoms in total. The molecule has 2 rings (SSSR count). The monoisotopic (exact) mass is 264 g/mol. The summed E-state index contributed by atoms with van der Waals surface area (Å²) in [6, 6.07) is 6.27. The predicted octanol–water partition coefficient (Wildman–Crippen LogP) is 2.57. The summed E-state index contributed by atoms with van der Waals surface area (Å²) in [5.74, 6) is 0.263. The number of hydrogen-bond donors (Lipinski definition) is 1. The molecule has 1 saturated heterocycles. The van der Waals surface area contributed by atoms with Crippen molar-refractivity contribution in [3.8, 4) is 0 Å². The molecule has 0 bridgehead atoms. The van der Waals surface area contributed by atoms with Gasteiger partial charge in [-0.25, -0.2) is 4.39 Å². The maximum Gasteiger partial charge on any atom is 0.244 e. The van der Waals surface area contributed by atoms with Gasteiger partial charge in [-0.3, -0.25) is 4.79 Å². The Morgan fingerprint density at radius 3 is 2.84 bits per heavy atom. The highest BCUT2D eigenvalue weighted by Crippen LogP contribution is 2.24. The Labute approximate surface area is 113 Å². The molecule has 1 aliphatic rings. The summed E-state index contributed by atoms with van der Waals surface area (Å²) in [5, 5.41) is 3.27. The second-order valence-corrected chi connectivity index (χ2v) is 5.42. The van der Waals surface area contributed by atoms with E-state index in [1.807, 2.05) is 0 Å². The molecule has 0 saturated carbocycles. The van der Waals surface area contributed by atoms with Crippen LogP contribution in [0.3, 0.4) is 0 Å². The minimum Gasteiger partial charge on any atom is -0.308 e. The molecule has 1 aromatic rings. The van der Waals surface area contributed by atoms with E-state index in [0.717, 1.165) is 19.4 Å². The Bertz CT molecular complexity index is 448. The number of carbonyl (C=O) groups is 1. The summed E-state index contributed by atoms with van der Waals surface area (Å²) in [6.45, 7) is 5.73. The van der Waals surface area contributed by atoms with Crippen LogP contribution in [-0.4, -0.2) is 25.0 Å². The first-order chi connectivity index (χ1) is 9.09. The highest BCUT2D eigenvalue weighted by atomic mass is 19.1. The molecule has 0 radical (unpaired) electrons. The quantitative estimate of drug-likeness (QED) is 0.886. The number of nitrogens with one attached hydrogen (secondary N) is 1. The van der Waals surface area contributed by atoms with Crippen molar-refractivity contribution in [2.24, 2.45) is 5.92 Å². The third-order valence-electron chi connectivity index (χ3n) is 3.46. The Hall–Kier alpha value is -1.42. The van der Waals surface area contributed by atoms with Crippen molar-refractivity contribution in [3.05, 3.63) is 30.1 Å². The minimum atomic E-state index is -0.335. The van der Waals surface area contributed by atoms with E-state index in [0.29, 0.717) is 18.2 Å². The number of halogens is 1. The number of carbonyl (C=O) groups excluding carboxylic acids is 1. The molecule has 1 aromatic carbocycles. The number of amides is 1. The summed E-state index contributed by atoms with van der Waals surface area (Å²) in [6.07, 6.45) is 1.79. The van der Waals surface area contributed by atoms with E-state index in [2.05, 4.69) is 19.2 Å². The first-order valence-electron chi connectivity index (χ1n) is 6.89. The van der Waals surface area contributed by atoms with Crippen LogP contribution in [0.25, 0.3) is 0 Å². The van der Waals surface area contributed by atoms with Crippen molar-refractivity contribution >= 4 is 11.6 Å². The predicted molar refractivity (Wildman–Crippen MR) is 74.6 cm³/mol. The normalized spacial score (nSPS) is 19.5. The van der Waals surface area contributed by atoms with Crippen LogP contribution >= 0.6 is 0 Å².